The summed E-state index contributed by atoms with van der Waals surface area (Å²) in [5.41, 5.74) is 2.72. The van der Waals surface area contributed by atoms with Gasteiger partial charge in [-0.25, -0.2) is 57.5 Å². The number of benzene rings is 2. The van der Waals surface area contributed by atoms with Crippen molar-refractivity contribution in [3.05, 3.63) is 96.8 Å². The van der Waals surface area contributed by atoms with E-state index in [2.05, 4.69) is 34.1 Å². The fourth-order valence-corrected chi connectivity index (χ4v) is 15.0. The molecule has 20 heteroatoms. The first-order valence-electron chi connectivity index (χ1n) is 22.9. The maximum atomic E-state index is 13.3. The van der Waals surface area contributed by atoms with Crippen LogP contribution in [0.3, 0.4) is 0 Å². The molecule has 0 aliphatic heterocycles. The maximum absolute atomic E-state index is 13.3. The van der Waals surface area contributed by atoms with Crippen molar-refractivity contribution in [1.82, 2.24) is 27.9 Å². The highest BCUT2D eigenvalue weighted by atomic mass is 32.2. The van der Waals surface area contributed by atoms with Crippen LogP contribution >= 0.6 is 0 Å². The number of hydrogen-bond acceptors (Lipinski definition) is 14. The molecule has 0 spiro atoms. The van der Waals surface area contributed by atoms with Gasteiger partial charge in [0.1, 0.15) is 24.3 Å². The van der Waals surface area contributed by atoms with Crippen molar-refractivity contribution in [1.29, 1.82) is 4.78 Å². The van der Waals surface area contributed by atoms with Gasteiger partial charge in [-0.15, -0.1) is 0 Å². The zero-order valence-electron chi connectivity index (χ0n) is 39.5. The van der Waals surface area contributed by atoms with Gasteiger partial charge < -0.3 is 9.80 Å². The number of aromatic nitrogens is 6. The molecule has 16 nitrogen and oxygen atoms in total. The highest BCUT2D eigenvalue weighted by Gasteiger charge is 2.31. The molecule has 8 rings (SSSR count). The van der Waals surface area contributed by atoms with Crippen LogP contribution < -0.4 is 9.80 Å². The molecule has 2 unspecified atom stereocenters. The number of fused-ring (bicyclic) bond motifs is 2. The van der Waals surface area contributed by atoms with Crippen LogP contribution in [0, 0.1) is 30.5 Å². The van der Waals surface area contributed by atoms with E-state index < -0.39 is 39.5 Å². The Balaban J connectivity index is 0.000000199. The Morgan fingerprint density at radius 2 is 0.970 bits per heavy atom. The molecule has 0 amide bonds. The Labute approximate surface area is 396 Å². The smallest absolute Gasteiger partial charge is 0.269 e. The summed E-state index contributed by atoms with van der Waals surface area (Å²) in [6.07, 6.45) is 13.6. The van der Waals surface area contributed by atoms with E-state index in [1.807, 2.05) is 41.8 Å². The van der Waals surface area contributed by atoms with E-state index in [9.17, 15) is 25.3 Å². The normalized spacial score (nSPS) is 20.9. The second-order valence-corrected chi connectivity index (χ2v) is 27.0. The average molecular weight is 993 g/mol. The lowest BCUT2D eigenvalue weighted by atomic mass is 9.86. The zero-order valence-corrected chi connectivity index (χ0v) is 42.8. The molecule has 4 heterocycles. The van der Waals surface area contributed by atoms with Crippen molar-refractivity contribution in [3.8, 4) is 0 Å². The van der Waals surface area contributed by atoms with Gasteiger partial charge in [0.25, 0.3) is 20.0 Å². The first-order valence-corrected chi connectivity index (χ1v) is 29.5. The summed E-state index contributed by atoms with van der Waals surface area (Å²) >= 11 is 0. The van der Waals surface area contributed by atoms with Crippen LogP contribution in [0.15, 0.2) is 99.9 Å². The van der Waals surface area contributed by atoms with Crippen LogP contribution in [-0.2, 0) is 39.5 Å². The van der Waals surface area contributed by atoms with Crippen molar-refractivity contribution < 1.29 is 25.3 Å². The molecule has 2 fully saturated rings. The highest BCUT2D eigenvalue weighted by molar-refractivity contribution is 7.93. The fourth-order valence-electron chi connectivity index (χ4n) is 9.36. The summed E-state index contributed by atoms with van der Waals surface area (Å²) in [5.74, 6) is 4.36. The minimum Gasteiger partial charge on any atom is -0.356 e. The minimum atomic E-state index is -3.77. The van der Waals surface area contributed by atoms with E-state index in [0.29, 0.717) is 62.7 Å². The van der Waals surface area contributed by atoms with E-state index >= 15 is 0 Å². The predicted molar refractivity (Wildman–Crippen MR) is 269 cm³/mol. The molecule has 362 valence electrons. The Hall–Kier alpha value is -4.92. The van der Waals surface area contributed by atoms with Gasteiger partial charge in [-0.1, -0.05) is 49.2 Å². The van der Waals surface area contributed by atoms with E-state index in [1.165, 1.54) is 20.6 Å². The molecule has 2 atom stereocenters. The second kappa shape index (κ2) is 20.4. The maximum Gasteiger partial charge on any atom is 0.269 e. The molecular weight excluding hydrogens is 929 g/mol. The third-order valence-electron chi connectivity index (χ3n) is 13.7. The summed E-state index contributed by atoms with van der Waals surface area (Å²) in [4.78, 5) is 22.3. The van der Waals surface area contributed by atoms with Crippen molar-refractivity contribution >= 4 is 73.2 Å². The quantitative estimate of drug-likeness (QED) is 0.110. The molecule has 0 saturated heterocycles. The summed E-state index contributed by atoms with van der Waals surface area (Å²) in [6.45, 7) is 7.60. The van der Waals surface area contributed by atoms with E-state index in [0.717, 1.165) is 68.3 Å². The van der Waals surface area contributed by atoms with Gasteiger partial charge in [0.15, 0.2) is 11.3 Å². The first kappa shape index (κ1) is 50.0. The summed E-state index contributed by atoms with van der Waals surface area (Å²) < 4.78 is 92.5. The molecular formula is C47H64N10O6S4. The van der Waals surface area contributed by atoms with Gasteiger partial charge in [-0.2, -0.15) is 0 Å². The van der Waals surface area contributed by atoms with Crippen molar-refractivity contribution in [2.45, 2.75) is 101 Å². The Bertz CT molecular complexity index is 3150. The molecule has 4 aromatic heterocycles. The monoisotopic (exact) mass is 992 g/mol. The molecule has 1 N–H and O–H groups in total. The molecule has 67 heavy (non-hydrogen) atoms. The number of aryl methyl sites for hydroxylation is 2. The molecule has 2 aliphatic carbocycles. The Kier molecular flexibility index (Phi) is 15.2. The lowest BCUT2D eigenvalue weighted by Gasteiger charge is -2.35. The SMILES string of the molecule is CCS(=N)(=O)CC1CCC(N(C)c2ncnc3c2ccn3S(=O)(=O)c2ccc(C)cc2)CC1.CCS(=O)(CC1CCC(N(C)c2ncnc3c2ccn3S(=O)(=O)c2ccc(C)cc2)CC1)=NC. The van der Waals surface area contributed by atoms with E-state index in [1.54, 1.807) is 80.1 Å². The lowest BCUT2D eigenvalue weighted by molar-refractivity contribution is 0.342. The zero-order chi connectivity index (χ0) is 48.3. The number of nitrogens with zero attached hydrogens (tertiary/aromatic N) is 9. The number of anilines is 2. The third-order valence-corrected chi connectivity index (χ3v) is 21.5. The van der Waals surface area contributed by atoms with Crippen molar-refractivity contribution in [2.24, 2.45) is 16.2 Å². The first-order chi connectivity index (χ1) is 31.8. The number of rotatable bonds is 14. The largest absolute Gasteiger partial charge is 0.356 e. The van der Waals surface area contributed by atoms with Gasteiger partial charge in [0.2, 0.25) is 0 Å². The van der Waals surface area contributed by atoms with E-state index in [-0.39, 0.29) is 21.9 Å². The van der Waals surface area contributed by atoms with Gasteiger partial charge in [-0.05, 0) is 113 Å². The van der Waals surface area contributed by atoms with Crippen LogP contribution in [0.4, 0.5) is 11.6 Å². The summed E-state index contributed by atoms with van der Waals surface area (Å²) in [7, 11) is -6.44. The standard InChI is InChI=1S/C24H33N5O3S2.C23H31N5O3S2/c1-5-33(30,25-3)16-19-8-10-20(11-9-19)28(4)23-22-14-15-29(24(22)27-17-26-23)34(31,32)21-12-6-18(2)7-13-21;1-4-32(24,29)15-18-7-9-19(10-8-18)27(3)22-21-13-14-28(23(21)26-16-25-22)33(30,31)20-11-5-17(2)6-12-20/h6-7,12-15,17,19-20H,5,8-11,16H2,1-4H3;5-6,11-14,16,18-19,24H,4,7-10,15H2,1-3H3. The molecule has 6 aromatic rings. The minimum absolute atomic E-state index is 0.218. The third kappa shape index (κ3) is 10.9. The van der Waals surface area contributed by atoms with Crippen LogP contribution in [0.25, 0.3) is 22.1 Å². The molecule has 0 bridgehead atoms. The lowest BCUT2D eigenvalue weighted by Crippen LogP contribution is -2.37. The summed E-state index contributed by atoms with van der Waals surface area (Å²) in [6, 6.07) is 17.7. The van der Waals surface area contributed by atoms with Gasteiger partial charge >= 0.3 is 0 Å². The Morgan fingerprint density at radius 3 is 1.33 bits per heavy atom. The number of nitrogens with one attached hydrogen (secondary N) is 1. The number of hydrogen-bond donors (Lipinski definition) is 1. The van der Waals surface area contributed by atoms with Crippen LogP contribution in [0.1, 0.15) is 76.3 Å². The topological polar surface area (TPSA) is 207 Å². The van der Waals surface area contributed by atoms with Gasteiger partial charge in [-0.3, -0.25) is 4.78 Å². The fraction of sp³-hybridized carbons (Fsp3) is 0.489. The molecule has 2 aromatic carbocycles. The summed E-state index contributed by atoms with van der Waals surface area (Å²) in [5, 5.41) is 1.40. The molecule has 0 radical (unpaired) electrons. The Morgan fingerprint density at radius 1 is 0.582 bits per heavy atom. The second-order valence-electron chi connectivity index (χ2n) is 18.0. The highest BCUT2D eigenvalue weighted by Crippen LogP contribution is 2.35. The molecule has 2 aliphatic rings. The predicted octanol–water partition coefficient (Wildman–Crippen LogP) is 8.13. The van der Waals surface area contributed by atoms with Gasteiger partial charge in [0.05, 0.1) is 20.6 Å². The van der Waals surface area contributed by atoms with Crippen LogP contribution in [-0.4, -0.2) is 109 Å². The van der Waals surface area contributed by atoms with E-state index in [4.69, 9.17) is 4.78 Å². The molecule has 2 saturated carbocycles. The van der Waals surface area contributed by atoms with Crippen molar-refractivity contribution in [3.63, 3.8) is 0 Å². The van der Waals surface area contributed by atoms with Gasteiger partial charge in [0, 0.05) is 88.1 Å². The van der Waals surface area contributed by atoms with Crippen molar-refractivity contribution in [2.75, 3.05) is 54.0 Å². The van der Waals surface area contributed by atoms with Crippen LogP contribution in [0.2, 0.25) is 0 Å². The average Bonchev–Trinajstić information content (AvgIpc) is 3.98. The van der Waals surface area contributed by atoms with Crippen LogP contribution in [0.5, 0.6) is 0 Å².